The summed E-state index contributed by atoms with van der Waals surface area (Å²) in [4.78, 5) is 0. The molecule has 81 valence electrons. The Kier molecular flexibility index (Phi) is 3.73. The molecule has 0 unspecified atom stereocenters. The van der Waals surface area contributed by atoms with Crippen molar-refractivity contribution in [2.75, 3.05) is 13.7 Å². The molecule has 1 radical (unpaired) electrons. The predicted octanol–water partition coefficient (Wildman–Crippen LogP) is 3.55. The lowest BCUT2D eigenvalue weighted by Gasteiger charge is -2.03. The third-order valence-electron chi connectivity index (χ3n) is 2.50. The number of methoxy groups -OCH3 is 1. The molecule has 0 aliphatic carbocycles. The smallest absolute Gasteiger partial charge is 0.0537 e. The van der Waals surface area contributed by atoms with E-state index in [2.05, 4.69) is 55.0 Å². The second kappa shape index (κ2) is 5.47. The second-order valence-corrected chi connectivity index (χ2v) is 3.65. The van der Waals surface area contributed by atoms with Gasteiger partial charge in [0.05, 0.1) is 6.61 Å². The molecule has 16 heavy (non-hydrogen) atoms. The molecule has 1 nitrogen and oxygen atoms in total. The van der Waals surface area contributed by atoms with E-state index in [-0.39, 0.29) is 0 Å². The summed E-state index contributed by atoms with van der Waals surface area (Å²) in [6.07, 6.45) is 2.06. The zero-order chi connectivity index (χ0) is 11.2. The highest BCUT2D eigenvalue weighted by Crippen LogP contribution is 2.19. The fourth-order valence-electron chi connectivity index (χ4n) is 1.62. The molecule has 0 amide bonds. The maximum Gasteiger partial charge on any atom is 0.0537 e. The maximum absolute atomic E-state index is 5.01. The molecular formula is C15H15O. The molecular weight excluding hydrogens is 196 g/mol. The molecule has 0 saturated heterocycles. The topological polar surface area (TPSA) is 9.23 Å². The highest BCUT2D eigenvalue weighted by Gasteiger charge is 1.97. The zero-order valence-electron chi connectivity index (χ0n) is 9.39. The Morgan fingerprint density at radius 2 is 1.50 bits per heavy atom. The van der Waals surface area contributed by atoms with E-state index in [1.54, 1.807) is 7.11 Å². The minimum absolute atomic E-state index is 0.657. The van der Waals surface area contributed by atoms with Crippen LogP contribution in [0.3, 0.4) is 0 Å². The van der Waals surface area contributed by atoms with Gasteiger partial charge in [-0.3, -0.25) is 0 Å². The molecule has 0 atom stereocenters. The summed E-state index contributed by atoms with van der Waals surface area (Å²) in [5.74, 6) is 0. The van der Waals surface area contributed by atoms with Crippen LogP contribution in [0.5, 0.6) is 0 Å². The van der Waals surface area contributed by atoms with Crippen molar-refractivity contribution < 1.29 is 4.74 Å². The maximum atomic E-state index is 5.01. The summed E-state index contributed by atoms with van der Waals surface area (Å²) in [5.41, 5.74) is 3.69. The molecule has 0 bridgehead atoms. The molecule has 0 N–H and O–H groups in total. The van der Waals surface area contributed by atoms with Crippen molar-refractivity contribution in [2.45, 2.75) is 0 Å². The van der Waals surface area contributed by atoms with Crippen LogP contribution >= 0.6 is 0 Å². The first-order valence-corrected chi connectivity index (χ1v) is 5.38. The van der Waals surface area contributed by atoms with Crippen LogP contribution in [0.1, 0.15) is 5.56 Å². The fourth-order valence-corrected chi connectivity index (χ4v) is 1.62. The summed E-state index contributed by atoms with van der Waals surface area (Å²) >= 11 is 0. The van der Waals surface area contributed by atoms with Crippen LogP contribution in [0.2, 0.25) is 0 Å². The van der Waals surface area contributed by atoms with Gasteiger partial charge in [0.1, 0.15) is 0 Å². The standard InChI is InChI=1S/C15H15O/c1-16-12-11-13-7-9-15(10-8-13)14-5-3-2-4-6-14/h2-11H,12H2,1H3. The molecule has 0 saturated carbocycles. The Labute approximate surface area is 96.7 Å². The lowest BCUT2D eigenvalue weighted by Crippen LogP contribution is -1.90. The number of hydrogen-bond acceptors (Lipinski definition) is 1. The first-order valence-electron chi connectivity index (χ1n) is 5.38. The van der Waals surface area contributed by atoms with E-state index in [1.165, 1.54) is 16.7 Å². The third kappa shape index (κ3) is 2.71. The summed E-state index contributed by atoms with van der Waals surface area (Å²) in [7, 11) is 1.70. The zero-order valence-corrected chi connectivity index (χ0v) is 9.39. The van der Waals surface area contributed by atoms with Gasteiger partial charge in [0.15, 0.2) is 0 Å². The number of ether oxygens (including phenoxy) is 1. The van der Waals surface area contributed by atoms with Gasteiger partial charge in [-0.05, 0) is 16.7 Å². The molecule has 0 fully saturated rings. The van der Waals surface area contributed by atoms with Crippen LogP contribution in [0, 0.1) is 6.42 Å². The fraction of sp³-hybridized carbons (Fsp3) is 0.133. The van der Waals surface area contributed by atoms with Crippen LogP contribution < -0.4 is 0 Å². The summed E-state index contributed by atoms with van der Waals surface area (Å²) in [6, 6.07) is 18.9. The first-order chi connectivity index (χ1) is 7.90. The second-order valence-electron chi connectivity index (χ2n) is 3.65. The Balaban J connectivity index is 2.13. The van der Waals surface area contributed by atoms with Crippen LogP contribution in [0.4, 0.5) is 0 Å². The van der Waals surface area contributed by atoms with Crippen molar-refractivity contribution in [1.82, 2.24) is 0 Å². The molecule has 0 aromatic heterocycles. The van der Waals surface area contributed by atoms with E-state index in [0.29, 0.717) is 6.61 Å². The van der Waals surface area contributed by atoms with Crippen LogP contribution in [0.15, 0.2) is 54.6 Å². The number of hydrogen-bond donors (Lipinski definition) is 0. The monoisotopic (exact) mass is 211 g/mol. The van der Waals surface area contributed by atoms with Gasteiger partial charge in [0, 0.05) is 13.5 Å². The van der Waals surface area contributed by atoms with Gasteiger partial charge in [-0.15, -0.1) is 0 Å². The van der Waals surface area contributed by atoms with E-state index in [9.17, 15) is 0 Å². The molecule has 0 aliphatic heterocycles. The van der Waals surface area contributed by atoms with Crippen molar-refractivity contribution >= 4 is 0 Å². The normalized spacial score (nSPS) is 10.3. The number of rotatable bonds is 4. The summed E-state index contributed by atoms with van der Waals surface area (Å²) in [5, 5.41) is 0. The van der Waals surface area contributed by atoms with E-state index in [4.69, 9.17) is 4.74 Å². The Hall–Kier alpha value is -1.60. The van der Waals surface area contributed by atoms with Gasteiger partial charge in [0.25, 0.3) is 0 Å². The van der Waals surface area contributed by atoms with E-state index in [0.717, 1.165) is 0 Å². The molecule has 0 heterocycles. The van der Waals surface area contributed by atoms with Gasteiger partial charge in [0.2, 0.25) is 0 Å². The number of benzene rings is 2. The van der Waals surface area contributed by atoms with Gasteiger partial charge >= 0.3 is 0 Å². The van der Waals surface area contributed by atoms with Gasteiger partial charge in [-0.1, -0.05) is 54.6 Å². The summed E-state index contributed by atoms with van der Waals surface area (Å²) in [6.45, 7) is 0.657. The lowest BCUT2D eigenvalue weighted by atomic mass is 10.0. The van der Waals surface area contributed by atoms with Gasteiger partial charge in [-0.2, -0.15) is 0 Å². The SMILES string of the molecule is COC[CH]c1ccc(-c2ccccc2)cc1. The Morgan fingerprint density at radius 3 is 2.12 bits per heavy atom. The Bertz CT molecular complexity index is 417. The van der Waals surface area contributed by atoms with Crippen molar-refractivity contribution in [3.05, 3.63) is 66.6 Å². The average molecular weight is 211 g/mol. The quantitative estimate of drug-likeness (QED) is 0.751. The molecule has 0 aliphatic rings. The third-order valence-corrected chi connectivity index (χ3v) is 2.50. The van der Waals surface area contributed by atoms with Crippen LogP contribution in [-0.2, 0) is 4.74 Å². The van der Waals surface area contributed by atoms with E-state index < -0.39 is 0 Å². The van der Waals surface area contributed by atoms with E-state index >= 15 is 0 Å². The Morgan fingerprint density at radius 1 is 0.875 bits per heavy atom. The minimum Gasteiger partial charge on any atom is -0.384 e. The average Bonchev–Trinajstić information content (AvgIpc) is 2.38. The van der Waals surface area contributed by atoms with Crippen LogP contribution in [-0.4, -0.2) is 13.7 Å². The summed E-state index contributed by atoms with van der Waals surface area (Å²) < 4.78 is 5.01. The predicted molar refractivity (Wildman–Crippen MR) is 67.2 cm³/mol. The lowest BCUT2D eigenvalue weighted by molar-refractivity contribution is 0.225. The highest BCUT2D eigenvalue weighted by atomic mass is 16.5. The first kappa shape index (κ1) is 10.9. The van der Waals surface area contributed by atoms with E-state index in [1.807, 2.05) is 6.07 Å². The van der Waals surface area contributed by atoms with Crippen LogP contribution in [0.25, 0.3) is 11.1 Å². The largest absolute Gasteiger partial charge is 0.384 e. The molecule has 0 spiro atoms. The van der Waals surface area contributed by atoms with Gasteiger partial charge in [-0.25, -0.2) is 0 Å². The van der Waals surface area contributed by atoms with Crippen molar-refractivity contribution in [3.63, 3.8) is 0 Å². The molecule has 2 rings (SSSR count). The van der Waals surface area contributed by atoms with Crippen molar-refractivity contribution in [3.8, 4) is 11.1 Å². The molecule has 2 aromatic rings. The van der Waals surface area contributed by atoms with Crippen molar-refractivity contribution in [1.29, 1.82) is 0 Å². The minimum atomic E-state index is 0.657. The molecule has 2 aromatic carbocycles. The molecule has 1 heteroatoms. The highest BCUT2D eigenvalue weighted by molar-refractivity contribution is 5.63. The van der Waals surface area contributed by atoms with Gasteiger partial charge < -0.3 is 4.74 Å². The van der Waals surface area contributed by atoms with Crippen molar-refractivity contribution in [2.24, 2.45) is 0 Å².